The Morgan fingerprint density at radius 2 is 2.00 bits per heavy atom. The van der Waals surface area contributed by atoms with E-state index >= 15 is 0 Å². The van der Waals surface area contributed by atoms with Gasteiger partial charge in [-0.25, -0.2) is 23.5 Å². The zero-order valence-corrected chi connectivity index (χ0v) is 23.4. The highest BCUT2D eigenvalue weighted by molar-refractivity contribution is 5.91. The monoisotopic (exact) mass is 571 g/mol. The number of benzene rings is 2. The van der Waals surface area contributed by atoms with Crippen LogP contribution in [0.25, 0.3) is 28.1 Å². The normalized spacial score (nSPS) is 17.1. The van der Waals surface area contributed by atoms with Crippen molar-refractivity contribution in [2.45, 2.75) is 19.1 Å². The summed E-state index contributed by atoms with van der Waals surface area (Å²) in [4.78, 5) is 24.1. The molecule has 0 unspecified atom stereocenters. The van der Waals surface area contributed by atoms with Crippen molar-refractivity contribution < 1.29 is 18.8 Å². The van der Waals surface area contributed by atoms with E-state index < -0.39 is 18.2 Å². The Hall–Kier alpha value is -4.72. The minimum atomic E-state index is -0.580. The maximum Gasteiger partial charge on any atom is 0.320 e. The summed E-state index contributed by atoms with van der Waals surface area (Å²) in [6.07, 6.45) is 1.14. The lowest BCUT2D eigenvalue weighted by atomic mass is 10.0. The second kappa shape index (κ2) is 11.6. The number of methoxy groups -OCH3 is 1. The van der Waals surface area contributed by atoms with E-state index in [1.807, 2.05) is 43.3 Å². The maximum absolute atomic E-state index is 14.1. The summed E-state index contributed by atoms with van der Waals surface area (Å²) in [5.41, 5.74) is 4.80. The number of urea groups is 1. The van der Waals surface area contributed by atoms with Gasteiger partial charge in [0.05, 0.1) is 24.0 Å². The van der Waals surface area contributed by atoms with Gasteiger partial charge in [0.1, 0.15) is 23.3 Å². The van der Waals surface area contributed by atoms with Gasteiger partial charge in [0.2, 0.25) is 0 Å². The largest absolute Gasteiger partial charge is 0.383 e. The van der Waals surface area contributed by atoms with Gasteiger partial charge in [0.25, 0.3) is 0 Å². The van der Waals surface area contributed by atoms with Gasteiger partial charge in [-0.2, -0.15) is 10.2 Å². The molecule has 1 aliphatic rings. The lowest BCUT2D eigenvalue weighted by Gasteiger charge is -2.19. The molecule has 5 aromatic rings. The highest BCUT2D eigenvalue weighted by atomic mass is 19.1. The van der Waals surface area contributed by atoms with Gasteiger partial charge >= 0.3 is 6.03 Å². The molecule has 13 heteroatoms. The average molecular weight is 572 g/mol. The van der Waals surface area contributed by atoms with Gasteiger partial charge in [0, 0.05) is 44.6 Å². The van der Waals surface area contributed by atoms with Gasteiger partial charge < -0.3 is 10.1 Å². The Morgan fingerprint density at radius 3 is 2.79 bits per heavy atom. The van der Waals surface area contributed by atoms with Crippen molar-refractivity contribution in [3.8, 4) is 16.9 Å². The minimum Gasteiger partial charge on any atom is -0.383 e. The van der Waals surface area contributed by atoms with Gasteiger partial charge in [-0.15, -0.1) is 5.10 Å². The molecule has 0 spiro atoms. The van der Waals surface area contributed by atoms with E-state index in [1.165, 1.54) is 12.1 Å². The predicted octanol–water partition coefficient (Wildman–Crippen LogP) is 3.79. The van der Waals surface area contributed by atoms with Crippen LogP contribution in [0.3, 0.4) is 0 Å². The number of halogens is 1. The highest BCUT2D eigenvalue weighted by Crippen LogP contribution is 2.32. The van der Waals surface area contributed by atoms with E-state index in [9.17, 15) is 9.18 Å². The van der Waals surface area contributed by atoms with Crippen LogP contribution in [0.2, 0.25) is 0 Å². The Morgan fingerprint density at radius 1 is 1.17 bits per heavy atom. The second-order valence-corrected chi connectivity index (χ2v) is 10.0. The Labute approximate surface area is 241 Å². The summed E-state index contributed by atoms with van der Waals surface area (Å²) in [6, 6.07) is 16.7. The standard InChI is InChI=1S/C29H30FN9O3/c1-18-25(20-15-23-28(31-16-20)37(2)36-34-23)35-39(22-10-5-4-6-11-22)27(18)33-29(40)32-24-17-38(12-13-41-3)42-26(24)19-8-7-9-21(30)14-19/h4-11,14-16,24,26H,12-13,17H2,1-3H3,(H2,32,33,40)/t24-,26+/m1/s1. The number of nitrogens with zero attached hydrogens (tertiary/aromatic N) is 7. The number of nitrogens with one attached hydrogen (secondary N) is 2. The van der Waals surface area contributed by atoms with Crippen molar-refractivity contribution in [2.24, 2.45) is 7.05 Å². The number of amides is 2. The third kappa shape index (κ3) is 5.44. The molecule has 3 aromatic heterocycles. The van der Waals surface area contributed by atoms with Crippen LogP contribution in [0.5, 0.6) is 0 Å². The van der Waals surface area contributed by atoms with Crippen LogP contribution in [-0.4, -0.2) is 73.7 Å². The maximum atomic E-state index is 14.1. The molecule has 4 heterocycles. The summed E-state index contributed by atoms with van der Waals surface area (Å²) < 4.78 is 22.5. The Kier molecular flexibility index (Phi) is 7.61. The van der Waals surface area contributed by atoms with Crippen LogP contribution in [0, 0.1) is 12.7 Å². The van der Waals surface area contributed by atoms with Gasteiger partial charge in [-0.3, -0.25) is 10.2 Å². The highest BCUT2D eigenvalue weighted by Gasteiger charge is 2.37. The van der Waals surface area contributed by atoms with Crippen molar-refractivity contribution in [2.75, 3.05) is 32.1 Å². The van der Waals surface area contributed by atoms with Crippen molar-refractivity contribution in [3.63, 3.8) is 0 Å². The molecular weight excluding hydrogens is 541 g/mol. The van der Waals surface area contributed by atoms with Crippen molar-refractivity contribution in [3.05, 3.63) is 83.8 Å². The van der Waals surface area contributed by atoms with Crippen molar-refractivity contribution in [1.82, 2.24) is 40.1 Å². The fourth-order valence-corrected chi connectivity index (χ4v) is 5.07. The van der Waals surface area contributed by atoms with Crippen LogP contribution in [0.1, 0.15) is 17.2 Å². The van der Waals surface area contributed by atoms with E-state index in [1.54, 1.807) is 46.9 Å². The molecule has 6 rings (SSSR count). The molecule has 0 saturated carbocycles. The third-order valence-corrected chi connectivity index (χ3v) is 7.14. The Balaban J connectivity index is 1.30. The van der Waals surface area contributed by atoms with Gasteiger partial charge in [0.15, 0.2) is 5.65 Å². The van der Waals surface area contributed by atoms with E-state index in [0.717, 1.165) is 16.8 Å². The molecule has 42 heavy (non-hydrogen) atoms. The molecule has 12 nitrogen and oxygen atoms in total. The number of anilines is 1. The zero-order valence-electron chi connectivity index (χ0n) is 23.4. The summed E-state index contributed by atoms with van der Waals surface area (Å²) in [5, 5.41) is 20.8. The number of pyridine rings is 1. The lowest BCUT2D eigenvalue weighted by molar-refractivity contribution is -0.154. The number of carbonyl (C=O) groups is 1. The number of ether oxygens (including phenoxy) is 1. The summed E-state index contributed by atoms with van der Waals surface area (Å²) in [5.74, 6) is 0.115. The zero-order chi connectivity index (χ0) is 29.2. The predicted molar refractivity (Wildman–Crippen MR) is 153 cm³/mol. The number of aromatic nitrogens is 6. The van der Waals surface area contributed by atoms with Crippen LogP contribution < -0.4 is 10.6 Å². The lowest BCUT2D eigenvalue weighted by Crippen LogP contribution is -2.42. The molecule has 1 fully saturated rings. The first-order valence-electron chi connectivity index (χ1n) is 13.5. The fourth-order valence-electron chi connectivity index (χ4n) is 5.07. The second-order valence-electron chi connectivity index (χ2n) is 10.0. The summed E-state index contributed by atoms with van der Waals surface area (Å²) in [6.45, 7) is 3.22. The molecule has 0 radical (unpaired) electrons. The van der Waals surface area contributed by atoms with Crippen molar-refractivity contribution in [1.29, 1.82) is 0 Å². The van der Waals surface area contributed by atoms with E-state index in [-0.39, 0.29) is 5.82 Å². The van der Waals surface area contributed by atoms with Crippen LogP contribution >= 0.6 is 0 Å². The topological polar surface area (TPSA) is 124 Å². The first-order chi connectivity index (χ1) is 20.4. The van der Waals surface area contributed by atoms with E-state index in [4.69, 9.17) is 14.7 Å². The average Bonchev–Trinajstić information content (AvgIpc) is 3.67. The third-order valence-electron chi connectivity index (χ3n) is 7.14. The van der Waals surface area contributed by atoms with Gasteiger partial charge in [-0.1, -0.05) is 35.5 Å². The minimum absolute atomic E-state index is 0.376. The quantitative estimate of drug-likeness (QED) is 0.288. The van der Waals surface area contributed by atoms with Crippen LogP contribution in [0.15, 0.2) is 66.9 Å². The molecule has 2 N–H and O–H groups in total. The first kappa shape index (κ1) is 27.4. The van der Waals surface area contributed by atoms with Crippen molar-refractivity contribution >= 4 is 23.0 Å². The van der Waals surface area contributed by atoms with E-state index in [0.29, 0.717) is 47.9 Å². The summed E-state index contributed by atoms with van der Waals surface area (Å²) in [7, 11) is 3.39. The number of aryl methyl sites for hydroxylation is 1. The van der Waals surface area contributed by atoms with E-state index in [2.05, 4.69) is 25.9 Å². The fraction of sp³-hybridized carbons (Fsp3) is 0.276. The Bertz CT molecular complexity index is 1720. The molecule has 0 bridgehead atoms. The first-order valence-corrected chi connectivity index (χ1v) is 13.5. The SMILES string of the molecule is COCCN1C[C@@H](NC(=O)Nc2c(C)c(-c3cnc4c(c3)nnn4C)nn2-c2ccccc2)[C@H](c2cccc(F)c2)O1. The number of hydroxylamine groups is 2. The number of hydrogen-bond acceptors (Lipinski definition) is 8. The molecule has 216 valence electrons. The molecule has 2 amide bonds. The number of hydrogen-bond donors (Lipinski definition) is 2. The van der Waals surface area contributed by atoms with Gasteiger partial charge in [-0.05, 0) is 42.8 Å². The number of carbonyl (C=O) groups excluding carboxylic acids is 1. The molecule has 1 saturated heterocycles. The number of rotatable bonds is 8. The summed E-state index contributed by atoms with van der Waals surface area (Å²) >= 11 is 0. The molecule has 2 aromatic carbocycles. The smallest absolute Gasteiger partial charge is 0.320 e. The molecule has 0 aliphatic carbocycles. The number of para-hydroxylation sites is 1. The number of fused-ring (bicyclic) bond motifs is 1. The van der Waals surface area contributed by atoms with Crippen LogP contribution in [-0.2, 0) is 16.6 Å². The molecule has 1 aliphatic heterocycles. The molecule has 2 atom stereocenters. The van der Waals surface area contributed by atoms with Crippen LogP contribution in [0.4, 0.5) is 15.0 Å². The molecular formula is C29H30FN9O3.